The van der Waals surface area contributed by atoms with Crippen molar-refractivity contribution in [3.05, 3.63) is 89.6 Å². The standard InChI is InChI=1S/C22H17ClNO/c1-3-25-22-13-5-17(14-16(22)2)4-11-21-12-8-19(15-24-21)18-6-9-20(23)10-7-18/h5-10,12-15H,1,3H2,2H3. The van der Waals surface area contributed by atoms with Crippen LogP contribution in [0.4, 0.5) is 0 Å². The van der Waals surface area contributed by atoms with Gasteiger partial charge in [-0.05, 0) is 67.3 Å². The highest BCUT2D eigenvalue weighted by Gasteiger charge is 2.00. The summed E-state index contributed by atoms with van der Waals surface area (Å²) in [7, 11) is 0. The Bertz CT molecular complexity index is 919. The second-order valence-electron chi connectivity index (χ2n) is 5.52. The lowest BCUT2D eigenvalue weighted by Crippen LogP contribution is -1.94. The normalized spacial score (nSPS) is 10.0. The smallest absolute Gasteiger partial charge is 0.122 e. The fourth-order valence-corrected chi connectivity index (χ4v) is 2.54. The summed E-state index contributed by atoms with van der Waals surface area (Å²) in [6, 6.07) is 17.5. The summed E-state index contributed by atoms with van der Waals surface area (Å²) in [5.74, 6) is 7.07. The van der Waals surface area contributed by atoms with Gasteiger partial charge < -0.3 is 4.74 Å². The molecule has 0 aliphatic heterocycles. The molecular weight excluding hydrogens is 330 g/mol. The van der Waals surface area contributed by atoms with Gasteiger partial charge in [0.2, 0.25) is 0 Å². The highest BCUT2D eigenvalue weighted by atomic mass is 35.5. The quantitative estimate of drug-likeness (QED) is 0.598. The van der Waals surface area contributed by atoms with Gasteiger partial charge in [0.15, 0.2) is 0 Å². The Morgan fingerprint density at radius 1 is 1.00 bits per heavy atom. The van der Waals surface area contributed by atoms with Crippen molar-refractivity contribution in [3.8, 4) is 28.7 Å². The zero-order valence-corrected chi connectivity index (χ0v) is 14.7. The molecule has 0 fully saturated rings. The lowest BCUT2D eigenvalue weighted by atomic mass is 10.1. The highest BCUT2D eigenvalue weighted by Crippen LogP contribution is 2.21. The molecule has 0 aliphatic rings. The van der Waals surface area contributed by atoms with Crippen LogP contribution in [0.5, 0.6) is 5.75 Å². The molecule has 0 aliphatic carbocycles. The molecule has 2 nitrogen and oxygen atoms in total. The zero-order chi connectivity index (χ0) is 17.6. The van der Waals surface area contributed by atoms with Crippen LogP contribution in [0, 0.1) is 25.7 Å². The van der Waals surface area contributed by atoms with Gasteiger partial charge in [-0.25, -0.2) is 4.98 Å². The van der Waals surface area contributed by atoms with E-state index in [9.17, 15) is 0 Å². The Morgan fingerprint density at radius 3 is 2.40 bits per heavy atom. The summed E-state index contributed by atoms with van der Waals surface area (Å²) in [5, 5.41) is 0.723. The second kappa shape index (κ2) is 7.88. The van der Waals surface area contributed by atoms with Crippen LogP contribution in [0.2, 0.25) is 5.02 Å². The highest BCUT2D eigenvalue weighted by molar-refractivity contribution is 6.30. The van der Waals surface area contributed by atoms with E-state index in [1.54, 1.807) is 0 Å². The molecule has 3 aromatic rings. The average molecular weight is 347 g/mol. The van der Waals surface area contributed by atoms with Gasteiger partial charge in [-0.1, -0.05) is 35.7 Å². The van der Waals surface area contributed by atoms with E-state index in [2.05, 4.69) is 23.7 Å². The summed E-state index contributed by atoms with van der Waals surface area (Å²) in [6.45, 7) is 6.10. The Balaban J connectivity index is 1.77. The van der Waals surface area contributed by atoms with Crippen LogP contribution in [0.25, 0.3) is 11.1 Å². The van der Waals surface area contributed by atoms with E-state index >= 15 is 0 Å². The number of hydrogen-bond donors (Lipinski definition) is 0. The number of ether oxygens (including phenoxy) is 1. The molecule has 25 heavy (non-hydrogen) atoms. The van der Waals surface area contributed by atoms with Gasteiger partial charge in [-0.2, -0.15) is 0 Å². The zero-order valence-electron chi connectivity index (χ0n) is 13.9. The number of halogens is 1. The molecule has 3 heteroatoms. The summed E-state index contributed by atoms with van der Waals surface area (Å²) in [5.41, 5.74) is 4.81. The van der Waals surface area contributed by atoms with Crippen molar-refractivity contribution in [2.75, 3.05) is 6.61 Å². The third kappa shape index (κ3) is 4.41. The Labute approximate surface area is 153 Å². The molecule has 2 aromatic carbocycles. The monoisotopic (exact) mass is 346 g/mol. The van der Waals surface area contributed by atoms with Gasteiger partial charge in [-0.3, -0.25) is 0 Å². The molecule has 1 radical (unpaired) electrons. The predicted molar refractivity (Wildman–Crippen MR) is 103 cm³/mol. The van der Waals surface area contributed by atoms with Gasteiger partial charge in [0.05, 0.1) is 6.61 Å². The first-order chi connectivity index (χ1) is 12.2. The number of hydrogen-bond acceptors (Lipinski definition) is 2. The van der Waals surface area contributed by atoms with Crippen molar-refractivity contribution in [1.82, 2.24) is 4.98 Å². The lowest BCUT2D eigenvalue weighted by Gasteiger charge is -2.06. The minimum Gasteiger partial charge on any atom is -0.493 e. The van der Waals surface area contributed by atoms with Gasteiger partial charge in [-0.15, -0.1) is 0 Å². The molecular formula is C22H17ClNO. The van der Waals surface area contributed by atoms with Crippen molar-refractivity contribution >= 4 is 11.6 Å². The first kappa shape index (κ1) is 17.1. The second-order valence-corrected chi connectivity index (χ2v) is 5.95. The molecule has 1 heterocycles. The molecule has 0 atom stereocenters. The van der Waals surface area contributed by atoms with Crippen LogP contribution in [0.3, 0.4) is 0 Å². The van der Waals surface area contributed by atoms with E-state index in [-0.39, 0.29) is 0 Å². The summed E-state index contributed by atoms with van der Waals surface area (Å²) < 4.78 is 5.44. The minimum absolute atomic E-state index is 0.412. The summed E-state index contributed by atoms with van der Waals surface area (Å²) >= 11 is 5.92. The third-order valence-corrected chi connectivity index (χ3v) is 3.96. The molecule has 0 amide bonds. The Kier molecular flexibility index (Phi) is 5.38. The predicted octanol–water partition coefficient (Wildman–Crippen LogP) is 5.32. The molecule has 1 aromatic heterocycles. The van der Waals surface area contributed by atoms with E-state index in [0.29, 0.717) is 6.61 Å². The van der Waals surface area contributed by atoms with Crippen molar-refractivity contribution in [2.45, 2.75) is 6.92 Å². The van der Waals surface area contributed by atoms with Crippen LogP contribution in [-0.2, 0) is 0 Å². The van der Waals surface area contributed by atoms with E-state index in [1.165, 1.54) is 0 Å². The summed E-state index contributed by atoms with van der Waals surface area (Å²) in [6.07, 6.45) is 1.82. The number of rotatable bonds is 3. The minimum atomic E-state index is 0.412. The number of aryl methyl sites for hydroxylation is 1. The lowest BCUT2D eigenvalue weighted by molar-refractivity contribution is 0.358. The van der Waals surface area contributed by atoms with E-state index in [1.807, 2.05) is 67.7 Å². The topological polar surface area (TPSA) is 22.1 Å². The Hall–Kier alpha value is -2.76. The largest absolute Gasteiger partial charge is 0.493 e. The number of aromatic nitrogens is 1. The van der Waals surface area contributed by atoms with Crippen LogP contribution in [0.1, 0.15) is 16.8 Å². The first-order valence-electron chi connectivity index (χ1n) is 7.92. The average Bonchev–Trinajstić information content (AvgIpc) is 2.63. The third-order valence-electron chi connectivity index (χ3n) is 3.71. The molecule has 0 N–H and O–H groups in total. The van der Waals surface area contributed by atoms with Crippen LogP contribution in [-0.4, -0.2) is 11.6 Å². The van der Waals surface area contributed by atoms with Gasteiger partial charge in [0.1, 0.15) is 11.4 Å². The number of benzene rings is 2. The molecule has 123 valence electrons. The molecule has 0 saturated carbocycles. The van der Waals surface area contributed by atoms with Crippen molar-refractivity contribution < 1.29 is 4.74 Å². The maximum Gasteiger partial charge on any atom is 0.122 e. The molecule has 0 spiro atoms. The van der Waals surface area contributed by atoms with Crippen LogP contribution < -0.4 is 4.74 Å². The van der Waals surface area contributed by atoms with E-state index < -0.39 is 0 Å². The van der Waals surface area contributed by atoms with Gasteiger partial charge >= 0.3 is 0 Å². The summed E-state index contributed by atoms with van der Waals surface area (Å²) in [4.78, 5) is 4.42. The molecule has 0 bridgehead atoms. The van der Waals surface area contributed by atoms with Crippen molar-refractivity contribution in [1.29, 1.82) is 0 Å². The SMILES string of the molecule is [CH2]COc1ccc(C#Cc2ccc(-c3ccc(Cl)cc3)cn2)cc1C. The van der Waals surface area contributed by atoms with Crippen LogP contribution in [0.15, 0.2) is 60.8 Å². The van der Waals surface area contributed by atoms with Gasteiger partial charge in [0.25, 0.3) is 0 Å². The molecule has 3 rings (SSSR count). The number of pyridine rings is 1. The van der Waals surface area contributed by atoms with Crippen molar-refractivity contribution in [3.63, 3.8) is 0 Å². The van der Waals surface area contributed by atoms with E-state index in [0.717, 1.165) is 38.7 Å². The fourth-order valence-electron chi connectivity index (χ4n) is 2.42. The molecule has 0 unspecified atom stereocenters. The number of nitrogens with zero attached hydrogens (tertiary/aromatic N) is 1. The maximum absolute atomic E-state index is 5.92. The first-order valence-corrected chi connectivity index (χ1v) is 8.30. The van der Waals surface area contributed by atoms with Crippen molar-refractivity contribution in [2.24, 2.45) is 0 Å². The Morgan fingerprint density at radius 2 is 1.76 bits per heavy atom. The molecule has 0 saturated heterocycles. The van der Waals surface area contributed by atoms with Gasteiger partial charge in [0, 0.05) is 22.3 Å². The van der Waals surface area contributed by atoms with Crippen LogP contribution >= 0.6 is 11.6 Å². The fraction of sp³-hybridized carbons (Fsp3) is 0.0909. The maximum atomic E-state index is 5.92. The van der Waals surface area contributed by atoms with E-state index in [4.69, 9.17) is 16.3 Å².